The maximum Gasteiger partial charge on any atom is 0.246 e. The first kappa shape index (κ1) is 13.6. The van der Waals surface area contributed by atoms with E-state index in [1.807, 2.05) is 18.2 Å². The number of carbonyl (C=O) groups excluding carboxylic acids is 1. The fraction of sp³-hybridized carbons (Fsp3) is 0.235. The third-order valence-electron chi connectivity index (χ3n) is 3.72. The monoisotopic (exact) mass is 284 g/mol. The van der Waals surface area contributed by atoms with E-state index in [1.165, 1.54) is 11.6 Å². The average Bonchev–Trinajstić information content (AvgIpc) is 2.53. The summed E-state index contributed by atoms with van der Waals surface area (Å²) in [6, 6.07) is 14.3. The van der Waals surface area contributed by atoms with Gasteiger partial charge in [-0.15, -0.1) is 0 Å². The molecule has 108 valence electrons. The Kier molecular flexibility index (Phi) is 3.86. The second kappa shape index (κ2) is 5.95. The molecule has 1 N–H and O–H groups in total. The first-order valence-electron chi connectivity index (χ1n) is 7.12. The molecule has 0 bridgehead atoms. The number of amides is 1. The van der Waals surface area contributed by atoms with E-state index in [0.29, 0.717) is 5.69 Å². The highest BCUT2D eigenvalue weighted by atomic mass is 19.1. The number of aryl methyl sites for hydroxylation is 1. The Hall–Kier alpha value is -2.36. The van der Waals surface area contributed by atoms with Crippen molar-refractivity contribution in [2.75, 3.05) is 23.3 Å². The van der Waals surface area contributed by atoms with Crippen LogP contribution in [0.25, 0.3) is 0 Å². The second-order valence-electron chi connectivity index (χ2n) is 5.11. The van der Waals surface area contributed by atoms with Gasteiger partial charge in [-0.05, 0) is 36.6 Å². The number of hydrogen-bond donors (Lipinski definition) is 1. The molecule has 2 aromatic rings. The van der Waals surface area contributed by atoms with Crippen LogP contribution in [0.5, 0.6) is 0 Å². The Bertz CT molecular complexity index is 657. The van der Waals surface area contributed by atoms with Crippen LogP contribution in [-0.4, -0.2) is 19.0 Å². The third-order valence-corrected chi connectivity index (χ3v) is 3.72. The lowest BCUT2D eigenvalue weighted by molar-refractivity contribution is -0.117. The van der Waals surface area contributed by atoms with E-state index in [9.17, 15) is 9.18 Å². The van der Waals surface area contributed by atoms with E-state index in [2.05, 4.69) is 11.4 Å². The van der Waals surface area contributed by atoms with E-state index in [0.717, 1.165) is 25.1 Å². The highest BCUT2D eigenvalue weighted by Gasteiger charge is 2.21. The first-order chi connectivity index (χ1) is 10.3. The smallest absolute Gasteiger partial charge is 0.246 e. The van der Waals surface area contributed by atoms with Gasteiger partial charge >= 0.3 is 0 Å². The van der Waals surface area contributed by atoms with Crippen molar-refractivity contribution in [3.63, 3.8) is 0 Å². The van der Waals surface area contributed by atoms with Crippen molar-refractivity contribution in [3.05, 3.63) is 59.9 Å². The van der Waals surface area contributed by atoms with Crippen molar-refractivity contribution in [1.82, 2.24) is 0 Å². The molecule has 2 aromatic carbocycles. The van der Waals surface area contributed by atoms with Crippen LogP contribution in [0.4, 0.5) is 15.8 Å². The molecule has 0 saturated carbocycles. The van der Waals surface area contributed by atoms with Crippen LogP contribution >= 0.6 is 0 Å². The van der Waals surface area contributed by atoms with E-state index < -0.39 is 0 Å². The zero-order valence-electron chi connectivity index (χ0n) is 11.7. The van der Waals surface area contributed by atoms with Gasteiger partial charge in [-0.3, -0.25) is 4.79 Å². The summed E-state index contributed by atoms with van der Waals surface area (Å²) in [7, 11) is 0. The number of nitrogens with one attached hydrogen (secondary N) is 1. The van der Waals surface area contributed by atoms with E-state index in [1.54, 1.807) is 23.1 Å². The SMILES string of the molecule is O=C(CNc1ccccc1F)N1CCCc2ccccc21. The van der Waals surface area contributed by atoms with Crippen molar-refractivity contribution in [2.45, 2.75) is 12.8 Å². The molecule has 0 aliphatic carbocycles. The summed E-state index contributed by atoms with van der Waals surface area (Å²) in [4.78, 5) is 14.2. The topological polar surface area (TPSA) is 32.3 Å². The van der Waals surface area contributed by atoms with Gasteiger partial charge in [-0.1, -0.05) is 30.3 Å². The Morgan fingerprint density at radius 2 is 1.90 bits per heavy atom. The largest absolute Gasteiger partial charge is 0.374 e. The molecule has 3 rings (SSSR count). The van der Waals surface area contributed by atoms with Crippen molar-refractivity contribution in [1.29, 1.82) is 0 Å². The molecule has 0 radical (unpaired) electrons. The molecule has 0 spiro atoms. The van der Waals surface area contributed by atoms with Crippen LogP contribution in [0.15, 0.2) is 48.5 Å². The van der Waals surface area contributed by atoms with Gasteiger partial charge in [0, 0.05) is 12.2 Å². The molecule has 0 saturated heterocycles. The zero-order chi connectivity index (χ0) is 14.7. The first-order valence-corrected chi connectivity index (χ1v) is 7.12. The number of anilines is 2. The fourth-order valence-corrected chi connectivity index (χ4v) is 2.66. The molecule has 0 aromatic heterocycles. The number of rotatable bonds is 3. The molecular weight excluding hydrogens is 267 g/mol. The van der Waals surface area contributed by atoms with E-state index in [-0.39, 0.29) is 18.3 Å². The van der Waals surface area contributed by atoms with Gasteiger partial charge in [0.15, 0.2) is 0 Å². The molecular formula is C17H17FN2O. The predicted molar refractivity (Wildman–Crippen MR) is 82.0 cm³/mol. The summed E-state index contributed by atoms with van der Waals surface area (Å²) in [5, 5.41) is 2.87. The average molecular weight is 284 g/mol. The van der Waals surface area contributed by atoms with Crippen LogP contribution in [0.1, 0.15) is 12.0 Å². The summed E-state index contributed by atoms with van der Waals surface area (Å²) >= 11 is 0. The van der Waals surface area contributed by atoms with Gasteiger partial charge in [0.05, 0.1) is 12.2 Å². The molecule has 1 amide bonds. The van der Waals surface area contributed by atoms with Crippen LogP contribution < -0.4 is 10.2 Å². The van der Waals surface area contributed by atoms with Crippen LogP contribution in [0, 0.1) is 5.82 Å². The van der Waals surface area contributed by atoms with Crippen LogP contribution in [0.3, 0.4) is 0 Å². The lowest BCUT2D eigenvalue weighted by Crippen LogP contribution is -2.39. The third kappa shape index (κ3) is 2.89. The molecule has 0 atom stereocenters. The number of halogens is 1. The number of fused-ring (bicyclic) bond motifs is 1. The molecule has 3 nitrogen and oxygen atoms in total. The number of nitrogens with zero attached hydrogens (tertiary/aromatic N) is 1. The number of carbonyl (C=O) groups is 1. The number of hydrogen-bond acceptors (Lipinski definition) is 2. The standard InChI is InChI=1S/C17H17FN2O/c18-14-8-2-3-9-15(14)19-12-17(21)20-11-5-7-13-6-1-4-10-16(13)20/h1-4,6,8-10,19H,5,7,11-12H2. The molecule has 4 heteroatoms. The minimum atomic E-state index is -0.343. The summed E-state index contributed by atoms with van der Waals surface area (Å²) in [6.07, 6.45) is 1.96. The van der Waals surface area contributed by atoms with E-state index >= 15 is 0 Å². The summed E-state index contributed by atoms with van der Waals surface area (Å²) in [5.74, 6) is -0.380. The molecule has 1 heterocycles. The van der Waals surface area contributed by atoms with Gasteiger partial charge in [0.25, 0.3) is 0 Å². The van der Waals surface area contributed by atoms with E-state index in [4.69, 9.17) is 0 Å². The van der Waals surface area contributed by atoms with Gasteiger partial charge in [0.2, 0.25) is 5.91 Å². The molecule has 0 unspecified atom stereocenters. The van der Waals surface area contributed by atoms with Gasteiger partial charge in [-0.2, -0.15) is 0 Å². The summed E-state index contributed by atoms with van der Waals surface area (Å²) < 4.78 is 13.5. The van der Waals surface area contributed by atoms with Crippen molar-refractivity contribution < 1.29 is 9.18 Å². The minimum absolute atomic E-state index is 0.0367. The van der Waals surface area contributed by atoms with Crippen LogP contribution in [0.2, 0.25) is 0 Å². The molecule has 1 aliphatic heterocycles. The van der Waals surface area contributed by atoms with Gasteiger partial charge in [-0.25, -0.2) is 4.39 Å². The molecule has 21 heavy (non-hydrogen) atoms. The van der Waals surface area contributed by atoms with Gasteiger partial charge < -0.3 is 10.2 Å². The lowest BCUT2D eigenvalue weighted by atomic mass is 10.0. The quantitative estimate of drug-likeness (QED) is 0.938. The molecule has 1 aliphatic rings. The number of para-hydroxylation sites is 2. The lowest BCUT2D eigenvalue weighted by Gasteiger charge is -2.29. The van der Waals surface area contributed by atoms with Crippen molar-refractivity contribution in [2.24, 2.45) is 0 Å². The van der Waals surface area contributed by atoms with Crippen molar-refractivity contribution in [3.8, 4) is 0 Å². The predicted octanol–water partition coefficient (Wildman–Crippen LogP) is 3.22. The summed E-state index contributed by atoms with van der Waals surface area (Å²) in [6.45, 7) is 0.810. The van der Waals surface area contributed by atoms with Crippen LogP contribution in [-0.2, 0) is 11.2 Å². The maximum absolute atomic E-state index is 13.5. The Morgan fingerprint density at radius 1 is 1.14 bits per heavy atom. The zero-order valence-corrected chi connectivity index (χ0v) is 11.7. The Labute approximate surface area is 123 Å². The summed E-state index contributed by atoms with van der Waals surface area (Å²) in [5.41, 5.74) is 2.53. The Morgan fingerprint density at radius 3 is 2.76 bits per heavy atom. The molecule has 0 fully saturated rings. The fourth-order valence-electron chi connectivity index (χ4n) is 2.66. The Balaban J connectivity index is 1.71. The highest BCUT2D eigenvalue weighted by Crippen LogP contribution is 2.26. The second-order valence-corrected chi connectivity index (χ2v) is 5.11. The van der Waals surface area contributed by atoms with Gasteiger partial charge in [0.1, 0.15) is 5.82 Å². The highest BCUT2D eigenvalue weighted by molar-refractivity contribution is 5.97. The maximum atomic E-state index is 13.5. The number of benzene rings is 2. The normalized spacial score (nSPS) is 13.7. The minimum Gasteiger partial charge on any atom is -0.374 e. The van der Waals surface area contributed by atoms with Crippen molar-refractivity contribution >= 4 is 17.3 Å².